The van der Waals surface area contributed by atoms with Gasteiger partial charge in [-0.05, 0) is 63.4 Å². The number of carbonyl (C=O) groups is 1. The highest BCUT2D eigenvalue weighted by Gasteiger charge is 2.24. The second-order valence-corrected chi connectivity index (χ2v) is 10.6. The van der Waals surface area contributed by atoms with Crippen LogP contribution in [0.15, 0.2) is 56.7 Å². The zero-order valence-electron chi connectivity index (χ0n) is 21.5. The quantitative estimate of drug-likeness (QED) is 0.367. The van der Waals surface area contributed by atoms with Crippen molar-refractivity contribution in [3.8, 4) is 0 Å². The largest absolute Gasteiger partial charge is 0.469 e. The van der Waals surface area contributed by atoms with E-state index in [-0.39, 0.29) is 6.09 Å². The maximum atomic E-state index is 12.8. The average molecular weight is 480 g/mol. The topological polar surface area (TPSA) is 71.4 Å². The lowest BCUT2D eigenvalue weighted by molar-refractivity contribution is 0.0227. The molecule has 4 rings (SSSR count). The number of nitrogens with zero attached hydrogens (tertiary/aromatic N) is 3. The monoisotopic (exact) mass is 479 g/mol. The van der Waals surface area contributed by atoms with Gasteiger partial charge in [0.05, 0.1) is 24.8 Å². The SMILES string of the molecule is CC(C)CN(CCCN(CC1=NCCc2occc21)c1ccc2occc2c1)C(=O)OC(C)(C)C. The van der Waals surface area contributed by atoms with Crippen molar-refractivity contribution < 1.29 is 18.4 Å². The summed E-state index contributed by atoms with van der Waals surface area (Å²) >= 11 is 0. The van der Waals surface area contributed by atoms with E-state index in [1.165, 1.54) is 0 Å². The summed E-state index contributed by atoms with van der Waals surface area (Å²) in [4.78, 5) is 21.8. The van der Waals surface area contributed by atoms with Gasteiger partial charge in [-0.2, -0.15) is 0 Å². The second kappa shape index (κ2) is 10.6. The number of carbonyl (C=O) groups excluding carboxylic acids is 1. The predicted octanol–water partition coefficient (Wildman–Crippen LogP) is 6.16. The Morgan fingerprint density at radius 1 is 1.11 bits per heavy atom. The Morgan fingerprint density at radius 2 is 1.91 bits per heavy atom. The highest BCUT2D eigenvalue weighted by Crippen LogP contribution is 2.25. The molecule has 0 radical (unpaired) electrons. The minimum atomic E-state index is -0.514. The number of furan rings is 2. The number of hydrogen-bond acceptors (Lipinski definition) is 6. The molecule has 0 unspecified atom stereocenters. The molecule has 3 aromatic rings. The molecule has 1 aliphatic heterocycles. The number of amides is 1. The first-order chi connectivity index (χ1) is 16.7. The van der Waals surface area contributed by atoms with Gasteiger partial charge >= 0.3 is 6.09 Å². The van der Waals surface area contributed by atoms with E-state index in [4.69, 9.17) is 18.6 Å². The first-order valence-electron chi connectivity index (χ1n) is 12.5. The Balaban J connectivity index is 1.51. The summed E-state index contributed by atoms with van der Waals surface area (Å²) < 4.78 is 16.9. The molecule has 0 spiro atoms. The molecule has 0 atom stereocenters. The molecule has 188 valence electrons. The number of benzene rings is 1. The van der Waals surface area contributed by atoms with Crippen LogP contribution in [0.4, 0.5) is 10.5 Å². The van der Waals surface area contributed by atoms with E-state index in [0.29, 0.717) is 25.6 Å². The summed E-state index contributed by atoms with van der Waals surface area (Å²) in [6.45, 7) is 13.4. The molecule has 7 heteroatoms. The number of ether oxygens (including phenoxy) is 1. The minimum absolute atomic E-state index is 0.253. The fraction of sp³-hybridized carbons (Fsp3) is 0.500. The minimum Gasteiger partial charge on any atom is -0.469 e. The smallest absolute Gasteiger partial charge is 0.410 e. The normalized spacial score (nSPS) is 13.6. The molecule has 35 heavy (non-hydrogen) atoms. The highest BCUT2D eigenvalue weighted by atomic mass is 16.6. The predicted molar refractivity (Wildman–Crippen MR) is 140 cm³/mol. The molecule has 0 bridgehead atoms. The van der Waals surface area contributed by atoms with E-state index >= 15 is 0 Å². The highest BCUT2D eigenvalue weighted by molar-refractivity contribution is 6.05. The van der Waals surface area contributed by atoms with Gasteiger partial charge in [0.25, 0.3) is 0 Å². The summed E-state index contributed by atoms with van der Waals surface area (Å²) in [6, 6.07) is 10.2. The van der Waals surface area contributed by atoms with Gasteiger partial charge in [0.2, 0.25) is 0 Å². The van der Waals surface area contributed by atoms with Crippen LogP contribution < -0.4 is 4.90 Å². The van der Waals surface area contributed by atoms with Gasteiger partial charge in [-0.15, -0.1) is 0 Å². The second-order valence-electron chi connectivity index (χ2n) is 10.6. The number of rotatable bonds is 9. The van der Waals surface area contributed by atoms with Gasteiger partial charge in [0, 0.05) is 49.2 Å². The van der Waals surface area contributed by atoms with Gasteiger partial charge < -0.3 is 23.4 Å². The lowest BCUT2D eigenvalue weighted by atomic mass is 10.0. The Bertz CT molecular complexity index is 1170. The summed E-state index contributed by atoms with van der Waals surface area (Å²) in [6.07, 6.45) is 4.86. The van der Waals surface area contributed by atoms with Gasteiger partial charge in [-0.3, -0.25) is 4.99 Å². The van der Waals surface area contributed by atoms with Crippen LogP contribution in [0.5, 0.6) is 0 Å². The summed E-state index contributed by atoms with van der Waals surface area (Å²) in [7, 11) is 0. The molecule has 0 saturated heterocycles. The standard InChI is InChI=1S/C28H37N3O4/c1-20(2)18-31(27(32)35-28(3,4)5)14-6-13-30(22-7-8-25-21(17-22)10-15-33-25)19-24-23-11-16-34-26(23)9-12-29-24/h7-8,10-11,15-17,20H,6,9,12-14,18-19H2,1-5H3. The van der Waals surface area contributed by atoms with Crippen LogP contribution in [0, 0.1) is 5.92 Å². The summed E-state index contributed by atoms with van der Waals surface area (Å²) in [5, 5.41) is 1.07. The van der Waals surface area contributed by atoms with Crippen LogP contribution in [0.2, 0.25) is 0 Å². The maximum Gasteiger partial charge on any atom is 0.410 e. The van der Waals surface area contributed by atoms with Crippen molar-refractivity contribution in [1.29, 1.82) is 0 Å². The number of fused-ring (bicyclic) bond motifs is 2. The fourth-order valence-electron chi connectivity index (χ4n) is 4.41. The third-order valence-corrected chi connectivity index (χ3v) is 5.93. The molecule has 3 heterocycles. The van der Waals surface area contributed by atoms with E-state index in [1.54, 1.807) is 12.5 Å². The van der Waals surface area contributed by atoms with Crippen molar-refractivity contribution in [3.05, 3.63) is 54.2 Å². The van der Waals surface area contributed by atoms with Gasteiger partial charge in [0.1, 0.15) is 16.9 Å². The van der Waals surface area contributed by atoms with Crippen LogP contribution in [-0.2, 0) is 11.2 Å². The van der Waals surface area contributed by atoms with Crippen molar-refractivity contribution in [3.63, 3.8) is 0 Å². The number of aliphatic imine (C=N–C) groups is 1. The molecule has 0 aliphatic carbocycles. The number of anilines is 1. The maximum absolute atomic E-state index is 12.8. The Morgan fingerprint density at radius 3 is 2.69 bits per heavy atom. The van der Waals surface area contributed by atoms with E-state index in [9.17, 15) is 4.79 Å². The van der Waals surface area contributed by atoms with E-state index in [0.717, 1.165) is 59.6 Å². The van der Waals surface area contributed by atoms with Gasteiger partial charge in [0.15, 0.2) is 0 Å². The lowest BCUT2D eigenvalue weighted by Gasteiger charge is -2.30. The third kappa shape index (κ3) is 6.47. The fourth-order valence-corrected chi connectivity index (χ4v) is 4.41. The summed E-state index contributed by atoms with van der Waals surface area (Å²) in [5.41, 5.74) is 3.60. The molecule has 0 N–H and O–H groups in total. The first kappa shape index (κ1) is 24.9. The molecule has 0 fully saturated rings. The molecule has 1 aliphatic rings. The van der Waals surface area contributed by atoms with E-state index in [2.05, 4.69) is 30.9 Å². The first-order valence-corrected chi connectivity index (χ1v) is 12.5. The lowest BCUT2D eigenvalue weighted by Crippen LogP contribution is -2.41. The van der Waals surface area contributed by atoms with E-state index in [1.807, 2.05) is 43.9 Å². The van der Waals surface area contributed by atoms with Crippen molar-refractivity contribution >= 4 is 28.5 Å². The van der Waals surface area contributed by atoms with Crippen LogP contribution >= 0.6 is 0 Å². The molecular formula is C28H37N3O4. The van der Waals surface area contributed by atoms with Crippen molar-refractivity contribution in [2.24, 2.45) is 10.9 Å². The van der Waals surface area contributed by atoms with Crippen molar-refractivity contribution in [1.82, 2.24) is 4.90 Å². The molecule has 2 aromatic heterocycles. The molecule has 1 amide bonds. The van der Waals surface area contributed by atoms with Gasteiger partial charge in [-0.1, -0.05) is 13.8 Å². The molecular weight excluding hydrogens is 442 g/mol. The van der Waals surface area contributed by atoms with Crippen LogP contribution in [0.3, 0.4) is 0 Å². The Labute approximate surface area is 207 Å². The zero-order valence-corrected chi connectivity index (χ0v) is 21.5. The van der Waals surface area contributed by atoms with Crippen molar-refractivity contribution in [2.45, 2.75) is 53.1 Å². The van der Waals surface area contributed by atoms with Crippen LogP contribution in [0.25, 0.3) is 11.0 Å². The van der Waals surface area contributed by atoms with Gasteiger partial charge in [-0.25, -0.2) is 4.79 Å². The molecule has 0 saturated carbocycles. The molecule has 1 aromatic carbocycles. The third-order valence-electron chi connectivity index (χ3n) is 5.93. The van der Waals surface area contributed by atoms with E-state index < -0.39 is 5.60 Å². The Kier molecular flexibility index (Phi) is 7.53. The number of hydrogen-bond donors (Lipinski definition) is 0. The van der Waals surface area contributed by atoms with Crippen LogP contribution in [0.1, 0.15) is 52.4 Å². The molecule has 7 nitrogen and oxygen atoms in total. The Hall–Kier alpha value is -3.22. The zero-order chi connectivity index (χ0) is 25.0. The average Bonchev–Trinajstić information content (AvgIpc) is 3.45. The van der Waals surface area contributed by atoms with Crippen LogP contribution in [-0.4, -0.2) is 55.0 Å². The van der Waals surface area contributed by atoms with Crippen molar-refractivity contribution in [2.75, 3.05) is 37.6 Å². The summed E-state index contributed by atoms with van der Waals surface area (Å²) in [5.74, 6) is 1.37.